The minimum Gasteiger partial charge on any atom is -0.331 e. The highest BCUT2D eigenvalue weighted by atomic mass is 15.2. The van der Waals surface area contributed by atoms with Gasteiger partial charge in [-0.2, -0.15) is 0 Å². The molecule has 1 aliphatic heterocycles. The Labute approximate surface area is 355 Å². The number of para-hydroxylation sites is 2. The van der Waals surface area contributed by atoms with Gasteiger partial charge in [0, 0.05) is 50.1 Å². The van der Waals surface area contributed by atoms with E-state index in [4.69, 9.17) is 9.97 Å². The van der Waals surface area contributed by atoms with Crippen molar-refractivity contribution in [1.29, 1.82) is 0 Å². The lowest BCUT2D eigenvalue weighted by Gasteiger charge is -2.39. The molecule has 0 radical (unpaired) electrons. The highest BCUT2D eigenvalue weighted by molar-refractivity contribution is 6.12. The highest BCUT2D eigenvalue weighted by Gasteiger charge is 2.47. The molecule has 2 atom stereocenters. The Hall–Kier alpha value is -7.82. The molecule has 0 N–H and O–H groups in total. The Morgan fingerprint density at radius 2 is 1.05 bits per heavy atom. The normalized spacial score (nSPS) is 16.7. The fourth-order valence-electron chi connectivity index (χ4n) is 9.96. The number of nitrogens with zero attached hydrogens (tertiary/aromatic N) is 4. The molecule has 0 spiro atoms. The third kappa shape index (κ3) is 5.60. The van der Waals surface area contributed by atoms with Gasteiger partial charge in [-0.3, -0.25) is 0 Å². The molecule has 3 heterocycles. The highest BCUT2D eigenvalue weighted by Crippen LogP contribution is 2.54. The zero-order valence-electron chi connectivity index (χ0n) is 33.7. The van der Waals surface area contributed by atoms with Gasteiger partial charge in [0.25, 0.3) is 0 Å². The van der Waals surface area contributed by atoms with Gasteiger partial charge in [0.15, 0.2) is 5.82 Å². The fourth-order valence-corrected chi connectivity index (χ4v) is 9.96. The third-order valence-electron chi connectivity index (χ3n) is 12.8. The van der Waals surface area contributed by atoms with Crippen LogP contribution in [0.3, 0.4) is 0 Å². The quantitative estimate of drug-likeness (QED) is 0.169. The summed E-state index contributed by atoms with van der Waals surface area (Å²) >= 11 is 0. The number of benzene rings is 8. The van der Waals surface area contributed by atoms with E-state index in [1.807, 2.05) is 12.1 Å². The van der Waals surface area contributed by atoms with E-state index >= 15 is 0 Å². The van der Waals surface area contributed by atoms with Crippen molar-refractivity contribution in [2.75, 3.05) is 4.90 Å². The van der Waals surface area contributed by atoms with Gasteiger partial charge in [0.05, 0.1) is 33.6 Å². The van der Waals surface area contributed by atoms with E-state index in [1.54, 1.807) is 0 Å². The number of anilines is 2. The van der Waals surface area contributed by atoms with Gasteiger partial charge in [0.1, 0.15) is 0 Å². The van der Waals surface area contributed by atoms with Crippen molar-refractivity contribution >= 4 is 44.0 Å². The van der Waals surface area contributed by atoms with E-state index in [0.717, 1.165) is 44.5 Å². The first-order valence-electron chi connectivity index (χ1n) is 21.0. The van der Waals surface area contributed by atoms with E-state index < -0.39 is 0 Å². The molecule has 1 aliphatic carbocycles. The van der Waals surface area contributed by atoms with Crippen LogP contribution in [0.4, 0.5) is 11.4 Å². The Balaban J connectivity index is 1.00. The van der Waals surface area contributed by atoms with E-state index in [1.165, 1.54) is 49.9 Å². The monoisotopic (exact) mass is 780 g/mol. The van der Waals surface area contributed by atoms with Gasteiger partial charge in [-0.05, 0) is 89.7 Å². The van der Waals surface area contributed by atoms with Gasteiger partial charge < -0.3 is 9.47 Å². The summed E-state index contributed by atoms with van der Waals surface area (Å²) in [7, 11) is 0. The van der Waals surface area contributed by atoms with Crippen LogP contribution < -0.4 is 4.90 Å². The smallest absolute Gasteiger partial charge is 0.161 e. The molecular formula is C57H40N4. The molecule has 2 aromatic heterocycles. The summed E-state index contributed by atoms with van der Waals surface area (Å²) in [6, 6.07) is 69.6. The van der Waals surface area contributed by atoms with Gasteiger partial charge in [-0.15, -0.1) is 0 Å². The van der Waals surface area contributed by atoms with Gasteiger partial charge in [0.2, 0.25) is 0 Å². The summed E-state index contributed by atoms with van der Waals surface area (Å²) in [6.45, 7) is 2.36. The van der Waals surface area contributed by atoms with Crippen molar-refractivity contribution in [2.45, 2.75) is 18.4 Å². The minimum absolute atomic E-state index is 0.187. The lowest BCUT2D eigenvalue weighted by Crippen LogP contribution is -2.41. The predicted octanol–water partition coefficient (Wildman–Crippen LogP) is 14.5. The molecule has 8 aromatic carbocycles. The first-order chi connectivity index (χ1) is 30.1. The summed E-state index contributed by atoms with van der Waals surface area (Å²) in [5.41, 5.74) is 14.4. The number of hydrogen-bond acceptors (Lipinski definition) is 3. The Morgan fingerprint density at radius 3 is 1.79 bits per heavy atom. The molecular weight excluding hydrogens is 741 g/mol. The zero-order valence-corrected chi connectivity index (χ0v) is 33.7. The lowest BCUT2D eigenvalue weighted by molar-refractivity contribution is 0.542. The number of aromatic nitrogens is 3. The van der Waals surface area contributed by atoms with Crippen molar-refractivity contribution in [3.05, 3.63) is 224 Å². The molecule has 2 aliphatic rings. The summed E-state index contributed by atoms with van der Waals surface area (Å²) in [6.07, 6.45) is 9.12. The number of allylic oxidation sites excluding steroid dienone is 2. The number of rotatable bonds is 6. The predicted molar refractivity (Wildman–Crippen MR) is 254 cm³/mol. The van der Waals surface area contributed by atoms with Gasteiger partial charge in [-0.25, -0.2) is 9.97 Å². The van der Waals surface area contributed by atoms with Gasteiger partial charge >= 0.3 is 0 Å². The average molecular weight is 781 g/mol. The molecule has 288 valence electrons. The molecule has 0 fully saturated rings. The van der Waals surface area contributed by atoms with Crippen molar-refractivity contribution in [3.63, 3.8) is 0 Å². The molecule has 10 aromatic rings. The molecule has 4 heteroatoms. The second-order valence-electron chi connectivity index (χ2n) is 16.3. The lowest BCUT2D eigenvalue weighted by atomic mass is 9.80. The first kappa shape index (κ1) is 35.2. The molecule has 0 saturated carbocycles. The molecule has 12 rings (SSSR count). The van der Waals surface area contributed by atoms with Crippen LogP contribution in [0.1, 0.15) is 18.4 Å². The first-order valence-corrected chi connectivity index (χ1v) is 21.0. The maximum atomic E-state index is 5.22. The number of fused-ring (bicyclic) bond motifs is 7. The van der Waals surface area contributed by atoms with Crippen LogP contribution in [0, 0.1) is 0 Å². The van der Waals surface area contributed by atoms with E-state index in [2.05, 4.69) is 223 Å². The van der Waals surface area contributed by atoms with E-state index in [-0.39, 0.29) is 11.5 Å². The molecule has 2 unspecified atom stereocenters. The maximum absolute atomic E-state index is 5.22. The van der Waals surface area contributed by atoms with Crippen LogP contribution in [0.5, 0.6) is 0 Å². The standard InChI is InChI=1S/C57H40N4/c1-57-34-16-15-26-49(57)48-36-41(29-32-55(48)61(57)42-21-9-4-10-22-42)40-28-31-54-47(35-40)45-25-13-14-27-52(45)60(54)53-33-30-46(43-23-11-12-24-44(43)53)56-58-50(38-17-5-2-6-18-38)37-51(59-56)39-19-7-3-8-20-39/h2-37,49H,1H3. The largest absolute Gasteiger partial charge is 0.331 e. The van der Waals surface area contributed by atoms with Gasteiger partial charge in [-0.1, -0.05) is 158 Å². The third-order valence-corrected chi connectivity index (χ3v) is 12.8. The van der Waals surface area contributed by atoms with Crippen LogP contribution in [-0.4, -0.2) is 20.1 Å². The van der Waals surface area contributed by atoms with Crippen molar-refractivity contribution in [3.8, 4) is 50.7 Å². The minimum atomic E-state index is -0.187. The molecule has 4 nitrogen and oxygen atoms in total. The van der Waals surface area contributed by atoms with E-state index in [0.29, 0.717) is 5.82 Å². The molecule has 0 saturated heterocycles. The topological polar surface area (TPSA) is 34.0 Å². The van der Waals surface area contributed by atoms with Crippen LogP contribution in [0.15, 0.2) is 218 Å². The molecule has 0 bridgehead atoms. The Morgan fingerprint density at radius 1 is 0.459 bits per heavy atom. The van der Waals surface area contributed by atoms with E-state index in [9.17, 15) is 0 Å². The average Bonchev–Trinajstić information content (AvgIpc) is 3.80. The fraction of sp³-hybridized carbons (Fsp3) is 0.0526. The maximum Gasteiger partial charge on any atom is 0.161 e. The zero-order chi connectivity index (χ0) is 40.5. The van der Waals surface area contributed by atoms with Crippen molar-refractivity contribution in [1.82, 2.24) is 14.5 Å². The van der Waals surface area contributed by atoms with Crippen LogP contribution in [0.2, 0.25) is 0 Å². The van der Waals surface area contributed by atoms with Crippen LogP contribution in [-0.2, 0) is 0 Å². The second kappa shape index (κ2) is 13.9. The van der Waals surface area contributed by atoms with Crippen LogP contribution >= 0.6 is 0 Å². The summed E-state index contributed by atoms with van der Waals surface area (Å²) in [5, 5.41) is 4.70. The van der Waals surface area contributed by atoms with Crippen LogP contribution in [0.25, 0.3) is 83.3 Å². The Kier molecular flexibility index (Phi) is 8.01. The Bertz CT molecular complexity index is 3330. The molecule has 0 amide bonds. The number of hydrogen-bond donors (Lipinski definition) is 0. The van der Waals surface area contributed by atoms with Crippen molar-refractivity contribution in [2.24, 2.45) is 0 Å². The SMILES string of the molecule is CC12C=CC=CC1c1cc(-c3ccc4c(c3)c3ccccc3n4-c3ccc(-c4nc(-c5ccccc5)cc(-c5ccccc5)n4)c4ccccc34)ccc1N2c1ccccc1. The second-order valence-corrected chi connectivity index (χ2v) is 16.3. The summed E-state index contributed by atoms with van der Waals surface area (Å²) in [4.78, 5) is 13.0. The molecule has 61 heavy (non-hydrogen) atoms. The summed E-state index contributed by atoms with van der Waals surface area (Å²) in [5.74, 6) is 0.946. The van der Waals surface area contributed by atoms with Crippen molar-refractivity contribution < 1.29 is 0 Å². The summed E-state index contributed by atoms with van der Waals surface area (Å²) < 4.78 is 2.43.